The van der Waals surface area contributed by atoms with Gasteiger partial charge in [0.25, 0.3) is 0 Å². The minimum absolute atomic E-state index is 0.126. The number of hydrogen-bond acceptors (Lipinski definition) is 2. The van der Waals surface area contributed by atoms with E-state index in [9.17, 15) is 13.2 Å². The molecule has 2 nitrogen and oxygen atoms in total. The maximum absolute atomic E-state index is 12.5. The Bertz CT molecular complexity index is 418. The van der Waals surface area contributed by atoms with Crippen LogP contribution in [-0.4, -0.2) is 12.9 Å². The zero-order valence-electron chi connectivity index (χ0n) is 12.3. The fourth-order valence-electron chi connectivity index (χ4n) is 2.14. The summed E-state index contributed by atoms with van der Waals surface area (Å²) in [5, 5.41) is 3.26. The summed E-state index contributed by atoms with van der Waals surface area (Å²) in [5.74, 6) is 0.407. The van der Waals surface area contributed by atoms with Crippen LogP contribution in [-0.2, 0) is 0 Å². The average molecular weight is 289 g/mol. The summed E-state index contributed by atoms with van der Waals surface area (Å²) in [6.07, 6.45) is -4.67. The van der Waals surface area contributed by atoms with Crippen molar-refractivity contribution >= 4 is 0 Å². The maximum atomic E-state index is 12.5. The highest BCUT2D eigenvalue weighted by molar-refractivity contribution is 5.36. The lowest BCUT2D eigenvalue weighted by molar-refractivity contribution is -0.275. The number of nitrogens with one attached hydrogen (secondary N) is 1. The highest BCUT2D eigenvalue weighted by Crippen LogP contribution is 2.35. The Morgan fingerprint density at radius 3 is 2.25 bits per heavy atom. The summed E-state index contributed by atoms with van der Waals surface area (Å²) in [6, 6.07) is 6.16. The Kier molecular flexibility index (Phi) is 5.87. The van der Waals surface area contributed by atoms with E-state index in [0.717, 1.165) is 0 Å². The molecule has 0 aliphatic carbocycles. The van der Waals surface area contributed by atoms with Crippen molar-refractivity contribution in [2.24, 2.45) is 11.8 Å². The van der Waals surface area contributed by atoms with Crippen LogP contribution >= 0.6 is 0 Å². The topological polar surface area (TPSA) is 21.3 Å². The molecule has 0 amide bonds. The van der Waals surface area contributed by atoms with Crippen molar-refractivity contribution < 1.29 is 17.9 Å². The normalized spacial score (nSPS) is 15.2. The third kappa shape index (κ3) is 4.71. The van der Waals surface area contributed by atoms with Crippen LogP contribution in [0, 0.1) is 11.8 Å². The van der Waals surface area contributed by atoms with Crippen molar-refractivity contribution in [1.82, 2.24) is 5.32 Å². The molecule has 2 atom stereocenters. The molecule has 1 N–H and O–H groups in total. The van der Waals surface area contributed by atoms with Gasteiger partial charge in [-0.3, -0.25) is 0 Å². The molecule has 1 aromatic carbocycles. The largest absolute Gasteiger partial charge is 0.573 e. The van der Waals surface area contributed by atoms with E-state index in [1.165, 1.54) is 6.07 Å². The molecule has 1 aromatic rings. The van der Waals surface area contributed by atoms with Crippen LogP contribution < -0.4 is 10.1 Å². The zero-order chi connectivity index (χ0) is 15.3. The second-order valence-electron chi connectivity index (χ2n) is 5.22. The number of benzene rings is 1. The molecule has 0 bridgehead atoms. The van der Waals surface area contributed by atoms with Crippen LogP contribution in [0.5, 0.6) is 5.75 Å². The number of para-hydroxylation sites is 1. The highest BCUT2D eigenvalue weighted by Gasteiger charge is 2.33. The van der Waals surface area contributed by atoms with Crippen LogP contribution in [0.2, 0.25) is 0 Å². The lowest BCUT2D eigenvalue weighted by atomic mass is 9.85. The summed E-state index contributed by atoms with van der Waals surface area (Å²) in [5.41, 5.74) is 0.549. The zero-order valence-corrected chi connectivity index (χ0v) is 12.3. The summed E-state index contributed by atoms with van der Waals surface area (Å²) < 4.78 is 41.6. The van der Waals surface area contributed by atoms with Crippen LogP contribution in [0.4, 0.5) is 13.2 Å². The number of rotatable bonds is 6. The van der Waals surface area contributed by atoms with Crippen molar-refractivity contribution in [3.8, 4) is 5.75 Å². The first-order chi connectivity index (χ1) is 9.26. The van der Waals surface area contributed by atoms with Gasteiger partial charge in [-0.1, -0.05) is 45.9 Å². The molecule has 0 spiro atoms. The van der Waals surface area contributed by atoms with Gasteiger partial charge in [-0.15, -0.1) is 13.2 Å². The van der Waals surface area contributed by atoms with E-state index in [2.05, 4.69) is 23.9 Å². The Morgan fingerprint density at radius 2 is 1.75 bits per heavy atom. The molecule has 0 aliphatic heterocycles. The van der Waals surface area contributed by atoms with E-state index in [0.29, 0.717) is 18.0 Å². The molecule has 1 rings (SSSR count). The molecule has 0 heterocycles. The number of hydrogen-bond donors (Lipinski definition) is 1. The number of halogens is 3. The molecule has 0 saturated carbocycles. The van der Waals surface area contributed by atoms with Gasteiger partial charge in [0, 0.05) is 11.6 Å². The fraction of sp³-hybridized carbons (Fsp3) is 0.600. The van der Waals surface area contributed by atoms with Gasteiger partial charge in [-0.05, 0) is 24.4 Å². The highest BCUT2D eigenvalue weighted by atomic mass is 19.4. The third-order valence-corrected chi connectivity index (χ3v) is 3.48. The minimum atomic E-state index is -4.67. The lowest BCUT2D eigenvalue weighted by Crippen LogP contribution is -2.30. The molecule has 114 valence electrons. The third-order valence-electron chi connectivity index (χ3n) is 3.48. The smallest absolute Gasteiger partial charge is 0.405 e. The fourth-order valence-corrected chi connectivity index (χ4v) is 2.14. The second-order valence-corrected chi connectivity index (χ2v) is 5.22. The number of alkyl halides is 3. The van der Waals surface area contributed by atoms with Gasteiger partial charge < -0.3 is 10.1 Å². The van der Waals surface area contributed by atoms with E-state index in [4.69, 9.17) is 0 Å². The van der Waals surface area contributed by atoms with Gasteiger partial charge in [-0.2, -0.15) is 0 Å². The Morgan fingerprint density at radius 1 is 1.15 bits per heavy atom. The van der Waals surface area contributed by atoms with Crippen molar-refractivity contribution in [2.45, 2.75) is 40.1 Å². The first-order valence-corrected chi connectivity index (χ1v) is 6.84. The SMILES string of the molecule is CCNC(c1ccccc1OC(F)(F)F)C(C)C(C)C. The van der Waals surface area contributed by atoms with E-state index >= 15 is 0 Å². The molecule has 0 aromatic heterocycles. The lowest BCUT2D eigenvalue weighted by Gasteiger charge is -2.29. The first-order valence-electron chi connectivity index (χ1n) is 6.84. The maximum Gasteiger partial charge on any atom is 0.573 e. The predicted octanol–water partition coefficient (Wildman–Crippen LogP) is 4.53. The Hall–Kier alpha value is -1.23. The molecule has 5 heteroatoms. The van der Waals surface area contributed by atoms with Crippen molar-refractivity contribution in [2.75, 3.05) is 6.54 Å². The molecule has 20 heavy (non-hydrogen) atoms. The quantitative estimate of drug-likeness (QED) is 0.831. The minimum Gasteiger partial charge on any atom is -0.405 e. The van der Waals surface area contributed by atoms with Crippen LogP contribution in [0.15, 0.2) is 24.3 Å². The van der Waals surface area contributed by atoms with Crippen LogP contribution in [0.25, 0.3) is 0 Å². The molecule has 2 unspecified atom stereocenters. The van der Waals surface area contributed by atoms with Gasteiger partial charge >= 0.3 is 6.36 Å². The summed E-state index contributed by atoms with van der Waals surface area (Å²) in [6.45, 7) is 8.77. The van der Waals surface area contributed by atoms with Gasteiger partial charge in [0.15, 0.2) is 0 Å². The van der Waals surface area contributed by atoms with E-state index < -0.39 is 6.36 Å². The monoisotopic (exact) mass is 289 g/mol. The standard InChI is InChI=1S/C15H22F3NO/c1-5-19-14(11(4)10(2)3)12-8-6-7-9-13(12)20-15(16,17)18/h6-11,14,19H,5H2,1-4H3. The summed E-state index contributed by atoms with van der Waals surface area (Å²) >= 11 is 0. The van der Waals surface area contributed by atoms with E-state index in [-0.39, 0.29) is 17.7 Å². The summed E-state index contributed by atoms with van der Waals surface area (Å²) in [7, 11) is 0. The van der Waals surface area contributed by atoms with Gasteiger partial charge in [0.05, 0.1) is 0 Å². The Balaban J connectivity index is 3.13. The summed E-state index contributed by atoms with van der Waals surface area (Å²) in [4.78, 5) is 0. The van der Waals surface area contributed by atoms with Gasteiger partial charge in [0.2, 0.25) is 0 Å². The van der Waals surface area contributed by atoms with E-state index in [1.807, 2.05) is 13.8 Å². The van der Waals surface area contributed by atoms with E-state index in [1.54, 1.807) is 18.2 Å². The van der Waals surface area contributed by atoms with Crippen molar-refractivity contribution in [3.05, 3.63) is 29.8 Å². The molecular weight excluding hydrogens is 267 g/mol. The average Bonchev–Trinajstić information content (AvgIpc) is 2.34. The molecule has 0 saturated heterocycles. The van der Waals surface area contributed by atoms with Crippen molar-refractivity contribution in [1.29, 1.82) is 0 Å². The molecule has 0 radical (unpaired) electrons. The molecular formula is C15H22F3NO. The van der Waals surface area contributed by atoms with Gasteiger partial charge in [0.1, 0.15) is 5.75 Å². The van der Waals surface area contributed by atoms with Crippen LogP contribution in [0.3, 0.4) is 0 Å². The molecule has 0 aliphatic rings. The Labute approximate surface area is 118 Å². The first kappa shape index (κ1) is 16.8. The van der Waals surface area contributed by atoms with Crippen LogP contribution in [0.1, 0.15) is 39.3 Å². The number of ether oxygens (including phenoxy) is 1. The van der Waals surface area contributed by atoms with Crippen molar-refractivity contribution in [3.63, 3.8) is 0 Å². The molecule has 0 fully saturated rings. The predicted molar refractivity (Wildman–Crippen MR) is 73.5 cm³/mol. The second kappa shape index (κ2) is 6.97. The van der Waals surface area contributed by atoms with Gasteiger partial charge in [-0.25, -0.2) is 0 Å².